The van der Waals surface area contributed by atoms with E-state index < -0.39 is 5.97 Å². The molecule has 0 aromatic heterocycles. The molecule has 0 spiro atoms. The van der Waals surface area contributed by atoms with E-state index in [1.807, 2.05) is 6.92 Å². The summed E-state index contributed by atoms with van der Waals surface area (Å²) in [6, 6.07) is -0.572. The standard InChI is InChI=1S/C12H22N2O4/c1-2-8(7-11(16)17)13-12(18)14-9-3-5-10(15)6-4-9/h8-10,15H,2-7H2,1H3,(H,16,17)(H2,13,14,18). The fourth-order valence-corrected chi connectivity index (χ4v) is 2.14. The third-order valence-electron chi connectivity index (χ3n) is 3.28. The third kappa shape index (κ3) is 5.35. The normalized spacial score (nSPS) is 25.2. The lowest BCUT2D eigenvalue weighted by Gasteiger charge is -2.27. The minimum absolute atomic E-state index is 0.0622. The lowest BCUT2D eigenvalue weighted by atomic mass is 9.93. The zero-order chi connectivity index (χ0) is 13.5. The molecule has 18 heavy (non-hydrogen) atoms. The van der Waals surface area contributed by atoms with Gasteiger partial charge in [-0.05, 0) is 32.1 Å². The minimum atomic E-state index is -0.914. The molecule has 6 heteroatoms. The van der Waals surface area contributed by atoms with Crippen molar-refractivity contribution >= 4 is 12.0 Å². The molecule has 1 fully saturated rings. The lowest BCUT2D eigenvalue weighted by Crippen LogP contribution is -2.47. The highest BCUT2D eigenvalue weighted by Gasteiger charge is 2.21. The van der Waals surface area contributed by atoms with E-state index in [2.05, 4.69) is 10.6 Å². The van der Waals surface area contributed by atoms with Crippen molar-refractivity contribution in [2.45, 2.75) is 63.6 Å². The number of aliphatic carboxylic acids is 1. The SMILES string of the molecule is CCC(CC(=O)O)NC(=O)NC1CCC(O)CC1. The maximum Gasteiger partial charge on any atom is 0.315 e. The van der Waals surface area contributed by atoms with Crippen molar-refractivity contribution in [1.82, 2.24) is 10.6 Å². The average molecular weight is 258 g/mol. The Morgan fingerprint density at radius 3 is 2.39 bits per heavy atom. The topological polar surface area (TPSA) is 98.7 Å². The molecule has 104 valence electrons. The highest BCUT2D eigenvalue weighted by Crippen LogP contribution is 2.18. The van der Waals surface area contributed by atoms with E-state index in [9.17, 15) is 14.7 Å². The summed E-state index contributed by atoms with van der Waals surface area (Å²) in [7, 11) is 0. The molecule has 1 aliphatic rings. The van der Waals surface area contributed by atoms with E-state index in [1.165, 1.54) is 0 Å². The molecule has 2 amide bonds. The van der Waals surface area contributed by atoms with Crippen molar-refractivity contribution in [2.75, 3.05) is 0 Å². The van der Waals surface area contributed by atoms with Crippen LogP contribution in [0, 0.1) is 0 Å². The zero-order valence-corrected chi connectivity index (χ0v) is 10.7. The summed E-state index contributed by atoms with van der Waals surface area (Å²) >= 11 is 0. The number of urea groups is 1. The number of aliphatic hydroxyl groups excluding tert-OH is 1. The Bertz CT molecular complexity index is 288. The van der Waals surface area contributed by atoms with Gasteiger partial charge in [-0.2, -0.15) is 0 Å². The molecule has 1 atom stereocenters. The molecule has 0 aromatic carbocycles. The number of nitrogens with one attached hydrogen (secondary N) is 2. The number of amides is 2. The van der Waals surface area contributed by atoms with Crippen molar-refractivity contribution in [3.63, 3.8) is 0 Å². The van der Waals surface area contributed by atoms with Gasteiger partial charge in [0.15, 0.2) is 0 Å². The van der Waals surface area contributed by atoms with Gasteiger partial charge >= 0.3 is 12.0 Å². The first-order valence-electron chi connectivity index (χ1n) is 6.48. The van der Waals surface area contributed by atoms with Gasteiger partial charge < -0.3 is 20.8 Å². The first-order chi connectivity index (χ1) is 8.51. The number of hydrogen-bond acceptors (Lipinski definition) is 3. The molecule has 6 nitrogen and oxygen atoms in total. The first kappa shape index (κ1) is 14.8. The van der Waals surface area contributed by atoms with Crippen LogP contribution in [0.25, 0.3) is 0 Å². The van der Waals surface area contributed by atoms with Gasteiger partial charge in [0, 0.05) is 12.1 Å². The van der Waals surface area contributed by atoms with Gasteiger partial charge in [-0.25, -0.2) is 4.79 Å². The van der Waals surface area contributed by atoms with Crippen molar-refractivity contribution in [3.8, 4) is 0 Å². The number of carboxylic acids is 1. The Morgan fingerprint density at radius 2 is 1.89 bits per heavy atom. The Kier molecular flexibility index (Phi) is 5.91. The maximum atomic E-state index is 11.7. The Balaban J connectivity index is 2.29. The first-order valence-corrected chi connectivity index (χ1v) is 6.48. The fourth-order valence-electron chi connectivity index (χ4n) is 2.14. The summed E-state index contributed by atoms with van der Waals surface area (Å²) in [5.74, 6) is -0.914. The van der Waals surface area contributed by atoms with Crippen LogP contribution in [0.1, 0.15) is 45.4 Å². The summed E-state index contributed by atoms with van der Waals surface area (Å²) in [4.78, 5) is 22.2. The molecule has 0 radical (unpaired) electrons. The van der Waals surface area contributed by atoms with E-state index in [4.69, 9.17) is 5.11 Å². The van der Waals surface area contributed by atoms with E-state index in [1.54, 1.807) is 0 Å². The Morgan fingerprint density at radius 1 is 1.28 bits per heavy atom. The van der Waals surface area contributed by atoms with Crippen LogP contribution in [0.15, 0.2) is 0 Å². The second-order valence-electron chi connectivity index (χ2n) is 4.83. The van der Waals surface area contributed by atoms with Crippen LogP contribution >= 0.6 is 0 Å². The molecule has 0 bridgehead atoms. The van der Waals surface area contributed by atoms with E-state index in [0.717, 1.165) is 12.8 Å². The molecule has 0 aliphatic heterocycles. The van der Waals surface area contributed by atoms with Crippen LogP contribution in [-0.4, -0.2) is 40.4 Å². The molecule has 4 N–H and O–H groups in total. The number of aliphatic hydroxyl groups is 1. The largest absolute Gasteiger partial charge is 0.481 e. The molecule has 0 heterocycles. The van der Waals surface area contributed by atoms with Gasteiger partial charge in [-0.3, -0.25) is 4.79 Å². The number of carbonyl (C=O) groups is 2. The molecule has 0 saturated heterocycles. The van der Waals surface area contributed by atoms with Crippen molar-refractivity contribution in [2.24, 2.45) is 0 Å². The second kappa shape index (κ2) is 7.20. The molecule has 1 aliphatic carbocycles. The molecule has 1 unspecified atom stereocenters. The number of rotatable bonds is 5. The van der Waals surface area contributed by atoms with Crippen LogP contribution in [0.5, 0.6) is 0 Å². The van der Waals surface area contributed by atoms with Gasteiger partial charge in [0.25, 0.3) is 0 Å². The summed E-state index contributed by atoms with van der Waals surface area (Å²) in [6.45, 7) is 1.84. The Labute approximate surface area is 107 Å². The summed E-state index contributed by atoms with van der Waals surface area (Å²) in [6.07, 6.45) is 3.22. The molecular formula is C12H22N2O4. The van der Waals surface area contributed by atoms with Crippen LogP contribution < -0.4 is 10.6 Å². The summed E-state index contributed by atoms with van der Waals surface area (Å²) in [5.41, 5.74) is 0. The molecular weight excluding hydrogens is 236 g/mol. The van der Waals surface area contributed by atoms with Crippen LogP contribution in [0.2, 0.25) is 0 Å². The second-order valence-corrected chi connectivity index (χ2v) is 4.83. The number of carboxylic acid groups (broad SMARTS) is 1. The van der Waals surface area contributed by atoms with Gasteiger partial charge in [0.2, 0.25) is 0 Å². The zero-order valence-electron chi connectivity index (χ0n) is 10.7. The number of carbonyl (C=O) groups excluding carboxylic acids is 1. The average Bonchev–Trinajstić information content (AvgIpc) is 2.30. The van der Waals surface area contributed by atoms with Gasteiger partial charge in [-0.1, -0.05) is 6.92 Å². The van der Waals surface area contributed by atoms with Gasteiger partial charge in [0.05, 0.1) is 12.5 Å². The maximum absolute atomic E-state index is 11.7. The minimum Gasteiger partial charge on any atom is -0.481 e. The Hall–Kier alpha value is -1.30. The summed E-state index contributed by atoms with van der Waals surface area (Å²) < 4.78 is 0. The van der Waals surface area contributed by atoms with Crippen molar-refractivity contribution in [1.29, 1.82) is 0 Å². The fraction of sp³-hybridized carbons (Fsp3) is 0.833. The van der Waals surface area contributed by atoms with Crippen LogP contribution in [0.4, 0.5) is 4.79 Å². The molecule has 1 rings (SSSR count). The predicted molar refractivity (Wildman–Crippen MR) is 66.3 cm³/mol. The van der Waals surface area contributed by atoms with Crippen molar-refractivity contribution < 1.29 is 19.8 Å². The van der Waals surface area contributed by atoms with Crippen LogP contribution in [-0.2, 0) is 4.79 Å². The van der Waals surface area contributed by atoms with E-state index in [0.29, 0.717) is 19.3 Å². The van der Waals surface area contributed by atoms with Gasteiger partial charge in [-0.15, -0.1) is 0 Å². The third-order valence-corrected chi connectivity index (χ3v) is 3.28. The van der Waals surface area contributed by atoms with E-state index >= 15 is 0 Å². The molecule has 0 aromatic rings. The highest BCUT2D eigenvalue weighted by atomic mass is 16.4. The number of hydrogen-bond donors (Lipinski definition) is 4. The lowest BCUT2D eigenvalue weighted by molar-refractivity contribution is -0.137. The monoisotopic (exact) mass is 258 g/mol. The van der Waals surface area contributed by atoms with Crippen LogP contribution in [0.3, 0.4) is 0 Å². The van der Waals surface area contributed by atoms with Gasteiger partial charge in [0.1, 0.15) is 0 Å². The predicted octanol–water partition coefficient (Wildman–Crippen LogP) is 0.842. The van der Waals surface area contributed by atoms with E-state index in [-0.39, 0.29) is 30.6 Å². The molecule has 1 saturated carbocycles. The quantitative estimate of drug-likeness (QED) is 0.587. The van der Waals surface area contributed by atoms with Crippen molar-refractivity contribution in [3.05, 3.63) is 0 Å². The highest BCUT2D eigenvalue weighted by molar-refractivity contribution is 5.76. The smallest absolute Gasteiger partial charge is 0.315 e. The summed E-state index contributed by atoms with van der Waals surface area (Å²) in [5, 5.41) is 23.5.